The zero-order valence-corrected chi connectivity index (χ0v) is 19.6. The average Bonchev–Trinajstić information content (AvgIpc) is 3.32. The van der Waals surface area contributed by atoms with Gasteiger partial charge in [-0.2, -0.15) is 11.3 Å². The topological polar surface area (TPSA) is 36.4 Å². The summed E-state index contributed by atoms with van der Waals surface area (Å²) in [5.74, 6) is 1.36. The first-order valence-electron chi connectivity index (χ1n) is 12.2. The van der Waals surface area contributed by atoms with Crippen LogP contribution in [0.3, 0.4) is 0 Å². The van der Waals surface area contributed by atoms with Crippen molar-refractivity contribution in [1.29, 1.82) is 0 Å². The molecule has 2 unspecified atom stereocenters. The Labute approximate surface area is 190 Å². The summed E-state index contributed by atoms with van der Waals surface area (Å²) in [6, 6.07) is 6.79. The molecule has 4 heterocycles. The van der Waals surface area contributed by atoms with E-state index in [0.29, 0.717) is 17.9 Å². The largest absolute Gasteiger partial charge is 0.335 e. The van der Waals surface area contributed by atoms with Gasteiger partial charge in [0.2, 0.25) is 0 Å². The first-order chi connectivity index (χ1) is 15.2. The van der Waals surface area contributed by atoms with Gasteiger partial charge in [-0.25, -0.2) is 0 Å². The number of aromatic nitrogens is 1. The minimum Gasteiger partial charge on any atom is -0.335 e. The number of hydrogen-bond donors (Lipinski definition) is 0. The number of pyridine rings is 1. The molecule has 2 aliphatic heterocycles. The van der Waals surface area contributed by atoms with Crippen LogP contribution in [0.25, 0.3) is 0 Å². The minimum absolute atomic E-state index is 0.250. The van der Waals surface area contributed by atoms with Gasteiger partial charge in [0.1, 0.15) is 0 Å². The molecule has 31 heavy (non-hydrogen) atoms. The molecule has 2 saturated heterocycles. The van der Waals surface area contributed by atoms with Gasteiger partial charge in [0, 0.05) is 30.7 Å². The van der Waals surface area contributed by atoms with Gasteiger partial charge in [0.25, 0.3) is 5.91 Å². The highest BCUT2D eigenvalue weighted by atomic mass is 32.1. The normalized spacial score (nSPS) is 25.4. The van der Waals surface area contributed by atoms with E-state index in [9.17, 15) is 4.79 Å². The van der Waals surface area contributed by atoms with Crippen LogP contribution in [0, 0.1) is 12.8 Å². The number of thiophene rings is 1. The van der Waals surface area contributed by atoms with Gasteiger partial charge in [0.05, 0.1) is 11.3 Å². The molecular weight excluding hydrogens is 402 g/mol. The van der Waals surface area contributed by atoms with Gasteiger partial charge in [-0.05, 0) is 99.0 Å². The van der Waals surface area contributed by atoms with E-state index in [2.05, 4.69) is 39.6 Å². The highest BCUT2D eigenvalue weighted by Gasteiger charge is 2.37. The van der Waals surface area contributed by atoms with Crippen LogP contribution < -0.4 is 0 Å². The second-order valence-corrected chi connectivity index (χ2v) is 10.6. The van der Waals surface area contributed by atoms with Crippen LogP contribution in [-0.2, 0) is 6.54 Å². The summed E-state index contributed by atoms with van der Waals surface area (Å²) in [7, 11) is 0. The molecule has 0 N–H and O–H groups in total. The fourth-order valence-electron chi connectivity index (χ4n) is 6.11. The highest BCUT2D eigenvalue weighted by Crippen LogP contribution is 2.37. The summed E-state index contributed by atoms with van der Waals surface area (Å²) in [5.41, 5.74) is 4.40. The highest BCUT2D eigenvalue weighted by molar-refractivity contribution is 7.07. The fourth-order valence-corrected chi connectivity index (χ4v) is 6.77. The molecule has 0 bridgehead atoms. The lowest BCUT2D eigenvalue weighted by Gasteiger charge is -2.44. The Bertz CT molecular complexity index is 886. The number of piperidine rings is 2. The van der Waals surface area contributed by atoms with E-state index in [1.54, 1.807) is 11.3 Å². The number of nitrogens with zero attached hydrogens (tertiary/aromatic N) is 3. The van der Waals surface area contributed by atoms with Gasteiger partial charge in [-0.1, -0.05) is 12.8 Å². The maximum absolute atomic E-state index is 13.8. The van der Waals surface area contributed by atoms with Crippen LogP contribution in [0.5, 0.6) is 0 Å². The van der Waals surface area contributed by atoms with Crippen LogP contribution in [0.15, 0.2) is 29.0 Å². The third-order valence-corrected chi connectivity index (χ3v) is 8.49. The van der Waals surface area contributed by atoms with Crippen LogP contribution in [0.2, 0.25) is 0 Å². The maximum Gasteiger partial charge on any atom is 0.255 e. The number of aryl methyl sites for hydroxylation is 1. The molecule has 1 aliphatic carbocycles. The van der Waals surface area contributed by atoms with Crippen molar-refractivity contribution in [3.8, 4) is 0 Å². The lowest BCUT2D eigenvalue weighted by atomic mass is 9.78. The van der Waals surface area contributed by atoms with Gasteiger partial charge in [-0.15, -0.1) is 0 Å². The van der Waals surface area contributed by atoms with E-state index in [-0.39, 0.29) is 5.91 Å². The molecular formula is C26H35N3OS. The number of rotatable bonds is 4. The quantitative estimate of drug-likeness (QED) is 0.622. The van der Waals surface area contributed by atoms with Gasteiger partial charge >= 0.3 is 0 Å². The zero-order valence-electron chi connectivity index (χ0n) is 18.8. The molecule has 0 aromatic carbocycles. The zero-order chi connectivity index (χ0) is 21.2. The number of likely N-dealkylation sites (tertiary alicyclic amines) is 2. The van der Waals surface area contributed by atoms with Crippen molar-refractivity contribution < 1.29 is 4.79 Å². The number of fused-ring (bicyclic) bond motifs is 1. The monoisotopic (exact) mass is 437 g/mol. The molecule has 0 radical (unpaired) electrons. The van der Waals surface area contributed by atoms with Crippen molar-refractivity contribution in [2.24, 2.45) is 5.92 Å². The first-order valence-corrected chi connectivity index (χ1v) is 13.2. The van der Waals surface area contributed by atoms with E-state index in [4.69, 9.17) is 4.98 Å². The van der Waals surface area contributed by atoms with Crippen molar-refractivity contribution in [3.63, 3.8) is 0 Å². The predicted octanol–water partition coefficient (Wildman–Crippen LogP) is 5.63. The SMILES string of the molecule is Cc1ccc(C(=O)N2CCCC3CCCCC32)c(C2CCN(Cc3ccsc3)CC2)n1. The summed E-state index contributed by atoms with van der Waals surface area (Å²) in [6.45, 7) is 6.18. The van der Waals surface area contributed by atoms with Gasteiger partial charge in [0.15, 0.2) is 0 Å². The summed E-state index contributed by atoms with van der Waals surface area (Å²) in [6.07, 6.45) is 9.73. The third-order valence-electron chi connectivity index (χ3n) is 7.76. The van der Waals surface area contributed by atoms with Crippen molar-refractivity contribution in [1.82, 2.24) is 14.8 Å². The van der Waals surface area contributed by atoms with E-state index in [0.717, 1.165) is 62.4 Å². The fraction of sp³-hybridized carbons (Fsp3) is 0.615. The number of carbonyl (C=O) groups excluding carboxylic acids is 1. The standard InChI is InChI=1S/C26H35N3OS/c1-19-8-9-23(26(30)29-13-4-6-21-5-2-3-7-24(21)29)25(27-19)22-10-14-28(15-11-22)17-20-12-16-31-18-20/h8-9,12,16,18,21-22,24H,2-7,10-11,13-15,17H2,1H3. The van der Waals surface area contributed by atoms with Crippen molar-refractivity contribution in [3.05, 3.63) is 51.5 Å². The molecule has 5 rings (SSSR count). The molecule has 3 aliphatic rings. The first kappa shape index (κ1) is 21.1. The molecule has 3 fully saturated rings. The maximum atomic E-state index is 13.8. The Balaban J connectivity index is 1.32. The molecule has 2 aromatic rings. The van der Waals surface area contributed by atoms with Crippen molar-refractivity contribution in [2.75, 3.05) is 19.6 Å². The molecule has 0 spiro atoms. The second-order valence-electron chi connectivity index (χ2n) is 9.82. The minimum atomic E-state index is 0.250. The number of carbonyl (C=O) groups is 1. The van der Waals surface area contributed by atoms with E-state index < -0.39 is 0 Å². The van der Waals surface area contributed by atoms with Crippen molar-refractivity contribution in [2.45, 2.75) is 76.8 Å². The Hall–Kier alpha value is -1.72. The number of hydrogen-bond acceptors (Lipinski definition) is 4. The molecule has 4 nitrogen and oxygen atoms in total. The lowest BCUT2D eigenvalue weighted by molar-refractivity contribution is 0.0388. The second kappa shape index (κ2) is 9.41. The molecule has 166 valence electrons. The summed E-state index contributed by atoms with van der Waals surface area (Å²) >= 11 is 1.77. The molecule has 1 saturated carbocycles. The summed E-state index contributed by atoms with van der Waals surface area (Å²) in [5, 5.41) is 4.41. The van der Waals surface area contributed by atoms with Crippen LogP contribution in [0.1, 0.15) is 84.6 Å². The smallest absolute Gasteiger partial charge is 0.255 e. The van der Waals surface area contributed by atoms with Crippen LogP contribution >= 0.6 is 11.3 Å². The molecule has 2 aromatic heterocycles. The van der Waals surface area contributed by atoms with E-state index in [1.165, 1.54) is 37.7 Å². The Morgan fingerprint density at radius 1 is 1.03 bits per heavy atom. The summed E-state index contributed by atoms with van der Waals surface area (Å²) in [4.78, 5) is 23.5. The number of amides is 1. The molecule has 2 atom stereocenters. The molecule has 1 amide bonds. The Morgan fingerprint density at radius 3 is 2.65 bits per heavy atom. The van der Waals surface area contributed by atoms with E-state index >= 15 is 0 Å². The van der Waals surface area contributed by atoms with Crippen LogP contribution in [-0.4, -0.2) is 46.4 Å². The lowest BCUT2D eigenvalue weighted by Crippen LogP contribution is -2.50. The third kappa shape index (κ3) is 4.58. The molecule has 5 heteroatoms. The average molecular weight is 438 g/mol. The Kier molecular flexibility index (Phi) is 6.42. The Morgan fingerprint density at radius 2 is 1.84 bits per heavy atom. The predicted molar refractivity (Wildman–Crippen MR) is 127 cm³/mol. The van der Waals surface area contributed by atoms with Crippen molar-refractivity contribution >= 4 is 17.2 Å². The summed E-state index contributed by atoms with van der Waals surface area (Å²) < 4.78 is 0. The van der Waals surface area contributed by atoms with Crippen LogP contribution in [0.4, 0.5) is 0 Å². The van der Waals surface area contributed by atoms with Gasteiger partial charge < -0.3 is 4.90 Å². The van der Waals surface area contributed by atoms with E-state index in [1.807, 2.05) is 6.07 Å². The van der Waals surface area contributed by atoms with Gasteiger partial charge in [-0.3, -0.25) is 14.7 Å².